The Morgan fingerprint density at radius 3 is 2.87 bits per heavy atom. The number of fused-ring (bicyclic) bond motifs is 1. The SMILES string of the molecule is CN=C(NCCN1c2ccccc2CC1C)NC(C)COC.I. The van der Waals surface area contributed by atoms with Crippen LogP contribution in [0.5, 0.6) is 0 Å². The third kappa shape index (κ3) is 5.53. The molecular weight excluding hydrogens is 403 g/mol. The van der Waals surface area contributed by atoms with Crippen LogP contribution in [0, 0.1) is 0 Å². The fourth-order valence-electron chi connectivity index (χ4n) is 2.98. The van der Waals surface area contributed by atoms with Gasteiger partial charge in [0.05, 0.1) is 6.61 Å². The molecule has 0 aromatic heterocycles. The fraction of sp³-hybridized carbons (Fsp3) is 0.588. The van der Waals surface area contributed by atoms with Crippen molar-refractivity contribution in [1.82, 2.24) is 10.6 Å². The van der Waals surface area contributed by atoms with Crippen LogP contribution in [0.15, 0.2) is 29.3 Å². The van der Waals surface area contributed by atoms with Crippen molar-refractivity contribution in [3.8, 4) is 0 Å². The Balaban J connectivity index is 0.00000264. The van der Waals surface area contributed by atoms with Gasteiger partial charge >= 0.3 is 0 Å². The number of hydrogen-bond donors (Lipinski definition) is 2. The van der Waals surface area contributed by atoms with Crippen LogP contribution >= 0.6 is 24.0 Å². The van der Waals surface area contributed by atoms with E-state index in [0.717, 1.165) is 25.5 Å². The summed E-state index contributed by atoms with van der Waals surface area (Å²) in [5.41, 5.74) is 2.82. The maximum absolute atomic E-state index is 5.13. The van der Waals surface area contributed by atoms with Crippen LogP contribution in [0.2, 0.25) is 0 Å². The van der Waals surface area contributed by atoms with Gasteiger partial charge in [0.1, 0.15) is 0 Å². The molecule has 23 heavy (non-hydrogen) atoms. The predicted molar refractivity (Wildman–Crippen MR) is 108 cm³/mol. The Morgan fingerprint density at radius 2 is 2.17 bits per heavy atom. The highest BCUT2D eigenvalue weighted by Crippen LogP contribution is 2.30. The van der Waals surface area contributed by atoms with Crippen LogP contribution in [0.1, 0.15) is 19.4 Å². The molecule has 1 aromatic rings. The van der Waals surface area contributed by atoms with Gasteiger partial charge in [-0.05, 0) is 31.9 Å². The molecule has 2 N–H and O–H groups in total. The molecule has 0 amide bonds. The quantitative estimate of drug-likeness (QED) is 0.412. The standard InChI is InChI=1S/C17H28N4O.HI/c1-13(12-22-4)20-17(18-3)19-9-10-21-14(2)11-15-7-5-6-8-16(15)21;/h5-8,13-14H,9-12H2,1-4H3,(H2,18,19,20);1H. The van der Waals surface area contributed by atoms with Gasteiger partial charge in [0.15, 0.2) is 5.96 Å². The minimum atomic E-state index is 0. The predicted octanol–water partition coefficient (Wildman–Crippen LogP) is 2.26. The number of nitrogens with zero attached hydrogens (tertiary/aromatic N) is 2. The summed E-state index contributed by atoms with van der Waals surface area (Å²) in [5, 5.41) is 6.70. The van der Waals surface area contributed by atoms with Gasteiger partial charge in [-0.1, -0.05) is 18.2 Å². The lowest BCUT2D eigenvalue weighted by Gasteiger charge is -2.26. The minimum absolute atomic E-state index is 0. The van der Waals surface area contributed by atoms with E-state index < -0.39 is 0 Å². The summed E-state index contributed by atoms with van der Waals surface area (Å²) < 4.78 is 5.13. The molecule has 0 saturated carbocycles. The van der Waals surface area contributed by atoms with E-state index in [-0.39, 0.29) is 30.0 Å². The van der Waals surface area contributed by atoms with Gasteiger partial charge in [0, 0.05) is 45.0 Å². The summed E-state index contributed by atoms with van der Waals surface area (Å²) in [7, 11) is 3.50. The van der Waals surface area contributed by atoms with Crippen LogP contribution in [-0.4, -0.2) is 51.9 Å². The van der Waals surface area contributed by atoms with Crippen molar-refractivity contribution in [2.45, 2.75) is 32.4 Å². The van der Waals surface area contributed by atoms with E-state index in [9.17, 15) is 0 Å². The van der Waals surface area contributed by atoms with Crippen LogP contribution < -0.4 is 15.5 Å². The van der Waals surface area contributed by atoms with E-state index in [1.807, 2.05) is 0 Å². The number of rotatable bonds is 6. The number of aliphatic imine (C=N–C) groups is 1. The zero-order valence-electron chi connectivity index (χ0n) is 14.5. The van der Waals surface area contributed by atoms with Crippen LogP contribution in [-0.2, 0) is 11.2 Å². The molecule has 0 aliphatic carbocycles. The first-order valence-corrected chi connectivity index (χ1v) is 7.96. The second-order valence-corrected chi connectivity index (χ2v) is 5.87. The number of para-hydroxylation sites is 1. The fourth-order valence-corrected chi connectivity index (χ4v) is 2.98. The second-order valence-electron chi connectivity index (χ2n) is 5.87. The molecule has 1 aliphatic rings. The number of hydrogen-bond acceptors (Lipinski definition) is 3. The molecule has 130 valence electrons. The summed E-state index contributed by atoms with van der Waals surface area (Å²) in [4.78, 5) is 6.72. The third-order valence-corrected chi connectivity index (χ3v) is 4.02. The number of ether oxygens (including phenoxy) is 1. The highest BCUT2D eigenvalue weighted by molar-refractivity contribution is 14.0. The molecule has 5 nitrogen and oxygen atoms in total. The number of anilines is 1. The molecule has 0 saturated heterocycles. The van der Waals surface area contributed by atoms with Gasteiger partial charge in [-0.3, -0.25) is 4.99 Å². The van der Waals surface area contributed by atoms with Crippen LogP contribution in [0.4, 0.5) is 5.69 Å². The maximum Gasteiger partial charge on any atom is 0.191 e. The number of benzene rings is 1. The Kier molecular flexibility index (Phi) is 8.68. The molecule has 0 fully saturated rings. The average Bonchev–Trinajstić information content (AvgIpc) is 2.82. The van der Waals surface area contributed by atoms with E-state index in [4.69, 9.17) is 4.74 Å². The van der Waals surface area contributed by atoms with E-state index >= 15 is 0 Å². The van der Waals surface area contributed by atoms with Crippen molar-refractivity contribution < 1.29 is 4.74 Å². The average molecular weight is 432 g/mol. The maximum atomic E-state index is 5.13. The lowest BCUT2D eigenvalue weighted by Crippen LogP contribution is -2.46. The minimum Gasteiger partial charge on any atom is -0.383 e. The van der Waals surface area contributed by atoms with E-state index in [2.05, 4.69) is 58.6 Å². The highest BCUT2D eigenvalue weighted by atomic mass is 127. The Morgan fingerprint density at radius 1 is 1.43 bits per heavy atom. The Hall–Kier alpha value is -1.02. The number of halogens is 1. The van der Waals surface area contributed by atoms with Crippen molar-refractivity contribution in [3.05, 3.63) is 29.8 Å². The molecule has 2 unspecified atom stereocenters. The number of guanidine groups is 1. The van der Waals surface area contributed by atoms with Crippen molar-refractivity contribution in [1.29, 1.82) is 0 Å². The van der Waals surface area contributed by atoms with Gasteiger partial charge in [-0.2, -0.15) is 0 Å². The van der Waals surface area contributed by atoms with E-state index in [1.54, 1.807) is 14.2 Å². The zero-order chi connectivity index (χ0) is 15.9. The summed E-state index contributed by atoms with van der Waals surface area (Å²) in [6, 6.07) is 9.48. The van der Waals surface area contributed by atoms with Crippen molar-refractivity contribution in [3.63, 3.8) is 0 Å². The smallest absolute Gasteiger partial charge is 0.191 e. The van der Waals surface area contributed by atoms with Crippen LogP contribution in [0.25, 0.3) is 0 Å². The monoisotopic (exact) mass is 432 g/mol. The molecule has 0 radical (unpaired) electrons. The molecule has 1 aliphatic heterocycles. The van der Waals surface area contributed by atoms with Gasteiger partial charge in [-0.25, -0.2) is 0 Å². The summed E-state index contributed by atoms with van der Waals surface area (Å²) >= 11 is 0. The van der Waals surface area contributed by atoms with Gasteiger partial charge in [-0.15, -0.1) is 24.0 Å². The largest absolute Gasteiger partial charge is 0.383 e. The van der Waals surface area contributed by atoms with Crippen LogP contribution in [0.3, 0.4) is 0 Å². The van der Waals surface area contributed by atoms with Gasteiger partial charge in [0.25, 0.3) is 0 Å². The van der Waals surface area contributed by atoms with Crippen molar-refractivity contribution in [2.24, 2.45) is 4.99 Å². The molecule has 1 aromatic carbocycles. The topological polar surface area (TPSA) is 48.9 Å². The first kappa shape index (κ1) is 20.0. The molecule has 2 rings (SSSR count). The molecule has 6 heteroatoms. The number of methoxy groups -OCH3 is 1. The summed E-state index contributed by atoms with van der Waals surface area (Å²) in [6.45, 7) is 6.86. The van der Waals surface area contributed by atoms with Crippen molar-refractivity contribution in [2.75, 3.05) is 38.8 Å². The van der Waals surface area contributed by atoms with Gasteiger partial charge in [0.2, 0.25) is 0 Å². The Labute approximate surface area is 156 Å². The zero-order valence-corrected chi connectivity index (χ0v) is 16.8. The van der Waals surface area contributed by atoms with Crippen molar-refractivity contribution >= 4 is 35.6 Å². The lowest BCUT2D eigenvalue weighted by atomic mass is 10.1. The van der Waals surface area contributed by atoms with E-state index in [1.165, 1.54) is 11.3 Å². The second kappa shape index (κ2) is 9.97. The summed E-state index contributed by atoms with van der Waals surface area (Å²) in [5.74, 6) is 0.824. The molecule has 0 spiro atoms. The lowest BCUT2D eigenvalue weighted by molar-refractivity contribution is 0.179. The highest BCUT2D eigenvalue weighted by Gasteiger charge is 2.24. The summed E-state index contributed by atoms with van der Waals surface area (Å²) in [6.07, 6.45) is 1.13. The first-order chi connectivity index (χ1) is 10.7. The Bertz CT molecular complexity index is 509. The molecule has 2 atom stereocenters. The van der Waals surface area contributed by atoms with Gasteiger partial charge < -0.3 is 20.3 Å². The normalized spacial score (nSPS) is 18.2. The molecule has 0 bridgehead atoms. The number of nitrogens with one attached hydrogen (secondary N) is 2. The first-order valence-electron chi connectivity index (χ1n) is 7.96. The van der Waals surface area contributed by atoms with E-state index in [0.29, 0.717) is 12.6 Å². The third-order valence-electron chi connectivity index (χ3n) is 4.02. The molecule has 1 heterocycles. The molecular formula is C17H29IN4O.